The van der Waals surface area contributed by atoms with Crippen molar-refractivity contribution < 1.29 is 23.0 Å². The molecule has 4 rings (SSSR count). The Hall–Kier alpha value is -3.23. The molecule has 0 amide bonds. The van der Waals surface area contributed by atoms with Crippen molar-refractivity contribution in [3.63, 3.8) is 0 Å². The van der Waals surface area contributed by atoms with Gasteiger partial charge in [-0.25, -0.2) is 18.2 Å². The van der Waals surface area contributed by atoms with Crippen LogP contribution in [0.15, 0.2) is 71.9 Å². The second-order valence-corrected chi connectivity index (χ2v) is 9.65. The Morgan fingerprint density at radius 2 is 1.86 bits per heavy atom. The number of nitrogens with zero attached hydrogens (tertiary/aromatic N) is 3. The number of hydrogen-bond donors (Lipinski definition) is 1. The van der Waals surface area contributed by atoms with Gasteiger partial charge < -0.3 is 19.6 Å². The van der Waals surface area contributed by atoms with Crippen molar-refractivity contribution in [2.45, 2.75) is 45.4 Å². The summed E-state index contributed by atoms with van der Waals surface area (Å²) in [4.78, 5) is 8.39. The minimum absolute atomic E-state index is 0.329. The van der Waals surface area contributed by atoms with Crippen molar-refractivity contribution in [2.24, 2.45) is 0 Å². The Kier molecular flexibility index (Phi) is 7.20. The summed E-state index contributed by atoms with van der Waals surface area (Å²) in [6.07, 6.45) is 10.8. The Balaban J connectivity index is 1.52. The van der Waals surface area contributed by atoms with Crippen LogP contribution in [0.4, 0.5) is 24.7 Å². The molecule has 0 saturated heterocycles. The summed E-state index contributed by atoms with van der Waals surface area (Å²) in [5, 5.41) is 10.5. The topological polar surface area (TPSA) is 48.8 Å². The molecule has 0 fully saturated rings. The molecular formula is C27H27ClF3N3O2. The third-order valence-corrected chi connectivity index (χ3v) is 6.53. The fourth-order valence-corrected chi connectivity index (χ4v) is 4.59. The highest BCUT2D eigenvalue weighted by molar-refractivity contribution is 6.24. The number of pyridine rings is 1. The molecule has 36 heavy (non-hydrogen) atoms. The summed E-state index contributed by atoms with van der Waals surface area (Å²) in [5.41, 5.74) is 1.32. The van der Waals surface area contributed by atoms with E-state index in [1.165, 1.54) is 0 Å². The summed E-state index contributed by atoms with van der Waals surface area (Å²) >= 11 is 6.69. The van der Waals surface area contributed by atoms with Gasteiger partial charge in [-0.05, 0) is 57.1 Å². The Morgan fingerprint density at radius 1 is 1.17 bits per heavy atom. The van der Waals surface area contributed by atoms with E-state index in [9.17, 15) is 18.3 Å². The van der Waals surface area contributed by atoms with E-state index in [0.717, 1.165) is 16.9 Å². The number of aliphatic hydroxyl groups is 1. The van der Waals surface area contributed by atoms with Gasteiger partial charge in [-0.1, -0.05) is 17.7 Å². The maximum absolute atomic E-state index is 13.9. The van der Waals surface area contributed by atoms with Crippen LogP contribution in [-0.2, 0) is 11.3 Å². The number of rotatable bonds is 6. The normalized spacial score (nSPS) is 18.1. The molecule has 1 atom stereocenters. The molecular weight excluding hydrogens is 491 g/mol. The Labute approximate surface area is 213 Å². The van der Waals surface area contributed by atoms with Gasteiger partial charge in [-0.2, -0.15) is 0 Å². The van der Waals surface area contributed by atoms with E-state index in [2.05, 4.69) is 9.88 Å². The SMILES string of the molecule is CC1=CC(OCc2c(F)cc(F)cc2F)=CCN1c1cc(N2C=CC=C(C(C)(C)O)C2Cl)ncc1C. The highest BCUT2D eigenvalue weighted by atomic mass is 35.5. The monoisotopic (exact) mass is 517 g/mol. The fraction of sp³-hybridized carbons (Fsp3) is 0.296. The fourth-order valence-electron chi connectivity index (χ4n) is 4.09. The Bertz CT molecular complexity index is 1270. The maximum Gasteiger partial charge on any atom is 0.136 e. The van der Waals surface area contributed by atoms with Crippen LogP contribution in [0.2, 0.25) is 0 Å². The zero-order valence-corrected chi connectivity index (χ0v) is 21.2. The predicted octanol–water partition coefficient (Wildman–Crippen LogP) is 6.23. The standard InChI is InChI=1S/C27H27ClF3N3O2/c1-16-14-32-25(34-8-5-6-21(26(34)28)27(3,4)35)13-24(16)33-9-7-19(10-17(33)2)36-15-20-22(30)11-18(29)12-23(20)31/h5-8,10-14,26,35H,9,15H2,1-4H3. The van der Waals surface area contributed by atoms with Crippen molar-refractivity contribution >= 4 is 23.1 Å². The lowest BCUT2D eigenvalue weighted by Gasteiger charge is -2.35. The van der Waals surface area contributed by atoms with Crippen molar-refractivity contribution in [1.82, 2.24) is 4.98 Å². The van der Waals surface area contributed by atoms with Crippen LogP contribution in [0.5, 0.6) is 0 Å². The predicted molar refractivity (Wildman–Crippen MR) is 135 cm³/mol. The van der Waals surface area contributed by atoms with E-state index in [0.29, 0.717) is 35.8 Å². The second kappa shape index (κ2) is 10.0. The number of anilines is 2. The quantitative estimate of drug-likeness (QED) is 0.364. The third-order valence-electron chi connectivity index (χ3n) is 6.09. The lowest BCUT2D eigenvalue weighted by Crippen LogP contribution is -2.39. The van der Waals surface area contributed by atoms with Gasteiger partial charge in [0.2, 0.25) is 0 Å². The summed E-state index contributed by atoms with van der Waals surface area (Å²) in [5.74, 6) is -1.88. The molecule has 0 bridgehead atoms. The van der Waals surface area contributed by atoms with Gasteiger partial charge in [0.25, 0.3) is 0 Å². The van der Waals surface area contributed by atoms with E-state index in [1.807, 2.05) is 32.2 Å². The molecule has 0 aliphatic carbocycles. The van der Waals surface area contributed by atoms with E-state index in [1.54, 1.807) is 43.2 Å². The largest absolute Gasteiger partial charge is 0.489 e. The number of benzene rings is 1. The first-order valence-electron chi connectivity index (χ1n) is 11.4. The molecule has 190 valence electrons. The van der Waals surface area contributed by atoms with Gasteiger partial charge in [0.15, 0.2) is 0 Å². The van der Waals surface area contributed by atoms with Gasteiger partial charge in [-0.3, -0.25) is 0 Å². The summed E-state index contributed by atoms with van der Waals surface area (Å²) in [7, 11) is 0. The van der Waals surface area contributed by atoms with E-state index >= 15 is 0 Å². The highest BCUT2D eigenvalue weighted by Crippen LogP contribution is 2.35. The minimum Gasteiger partial charge on any atom is -0.489 e. The lowest BCUT2D eigenvalue weighted by atomic mass is 9.95. The highest BCUT2D eigenvalue weighted by Gasteiger charge is 2.32. The van der Waals surface area contributed by atoms with Crippen molar-refractivity contribution in [1.29, 1.82) is 0 Å². The van der Waals surface area contributed by atoms with Gasteiger partial charge in [-0.15, -0.1) is 0 Å². The number of alkyl halides is 1. The summed E-state index contributed by atoms with van der Waals surface area (Å²) in [6, 6.07) is 3.18. The number of hydrogen-bond acceptors (Lipinski definition) is 5. The molecule has 0 spiro atoms. The average Bonchev–Trinajstić information content (AvgIpc) is 2.78. The molecule has 3 heterocycles. The lowest BCUT2D eigenvalue weighted by molar-refractivity contribution is 0.116. The van der Waals surface area contributed by atoms with Gasteiger partial charge >= 0.3 is 0 Å². The minimum atomic E-state index is -1.09. The van der Waals surface area contributed by atoms with E-state index in [-0.39, 0.29) is 12.2 Å². The molecule has 5 nitrogen and oxygen atoms in total. The van der Waals surface area contributed by atoms with Crippen LogP contribution in [0.25, 0.3) is 0 Å². The van der Waals surface area contributed by atoms with Crippen molar-refractivity contribution in [3.05, 3.63) is 101 Å². The van der Waals surface area contributed by atoms with Crippen molar-refractivity contribution in [3.8, 4) is 0 Å². The van der Waals surface area contributed by atoms with Crippen LogP contribution in [-0.4, -0.2) is 27.7 Å². The molecule has 1 N–H and O–H groups in total. The van der Waals surface area contributed by atoms with Gasteiger partial charge in [0.05, 0.1) is 11.2 Å². The van der Waals surface area contributed by atoms with Gasteiger partial charge in [0.1, 0.15) is 41.1 Å². The zero-order chi connectivity index (χ0) is 26.2. The molecule has 0 saturated carbocycles. The molecule has 1 aromatic heterocycles. The summed E-state index contributed by atoms with van der Waals surface area (Å²) < 4.78 is 46.6. The molecule has 1 unspecified atom stereocenters. The van der Waals surface area contributed by atoms with E-state index in [4.69, 9.17) is 16.3 Å². The molecule has 0 radical (unpaired) electrons. The molecule has 2 aliphatic rings. The first-order chi connectivity index (χ1) is 17.0. The molecule has 9 heteroatoms. The molecule has 2 aromatic rings. The average molecular weight is 518 g/mol. The summed E-state index contributed by atoms with van der Waals surface area (Å²) in [6.45, 7) is 7.31. The number of allylic oxidation sites excluding steroid dienone is 4. The van der Waals surface area contributed by atoms with Gasteiger partial charge in [0, 0.05) is 48.5 Å². The molecule has 2 aliphatic heterocycles. The first-order valence-corrected chi connectivity index (χ1v) is 11.8. The Morgan fingerprint density at radius 3 is 2.50 bits per heavy atom. The van der Waals surface area contributed by atoms with Crippen LogP contribution >= 0.6 is 11.6 Å². The zero-order valence-electron chi connectivity index (χ0n) is 20.4. The smallest absolute Gasteiger partial charge is 0.136 e. The molecule has 1 aromatic carbocycles. The first kappa shape index (κ1) is 25.9. The number of halogens is 4. The third kappa shape index (κ3) is 5.29. The van der Waals surface area contributed by atoms with Crippen LogP contribution < -0.4 is 9.80 Å². The van der Waals surface area contributed by atoms with Crippen LogP contribution in [0.3, 0.4) is 0 Å². The number of ether oxygens (including phenoxy) is 1. The van der Waals surface area contributed by atoms with Crippen LogP contribution in [0.1, 0.15) is 31.9 Å². The van der Waals surface area contributed by atoms with Crippen molar-refractivity contribution in [2.75, 3.05) is 16.3 Å². The van der Waals surface area contributed by atoms with Crippen LogP contribution in [0, 0.1) is 24.4 Å². The number of aromatic nitrogens is 1. The maximum atomic E-state index is 13.9. The van der Waals surface area contributed by atoms with E-state index < -0.39 is 28.6 Å². The second-order valence-electron chi connectivity index (χ2n) is 9.23. The number of aryl methyl sites for hydroxylation is 1.